The van der Waals surface area contributed by atoms with Crippen LogP contribution in [0.1, 0.15) is 51.5 Å². The lowest BCUT2D eigenvalue weighted by atomic mass is 9.57. The van der Waals surface area contributed by atoms with Crippen molar-refractivity contribution in [1.29, 1.82) is 0 Å². The van der Waals surface area contributed by atoms with Gasteiger partial charge in [-0.15, -0.1) is 0 Å². The molecule has 2 saturated carbocycles. The van der Waals surface area contributed by atoms with E-state index < -0.39 is 0 Å². The molecule has 23 heavy (non-hydrogen) atoms. The third-order valence-corrected chi connectivity index (χ3v) is 6.69. The molecule has 4 unspecified atom stereocenters. The molecular formula is C22H31N. The van der Waals surface area contributed by atoms with Gasteiger partial charge in [0.25, 0.3) is 0 Å². The minimum atomic E-state index is 0.316. The maximum Gasteiger partial charge on any atom is 0.0361 e. The first-order valence-electron chi connectivity index (χ1n) is 9.00. The SMILES string of the molecule is C=C1CCC2C(C)/C(=C\C)C(c3ccc(N(C)C)cc3)CC12C. The molecule has 1 aromatic rings. The Morgan fingerprint density at radius 2 is 1.87 bits per heavy atom. The lowest BCUT2D eigenvalue weighted by Gasteiger charge is -2.47. The molecular weight excluding hydrogens is 278 g/mol. The maximum absolute atomic E-state index is 4.43. The van der Waals surface area contributed by atoms with E-state index in [1.165, 1.54) is 36.1 Å². The summed E-state index contributed by atoms with van der Waals surface area (Å²) in [6.07, 6.45) is 6.15. The van der Waals surface area contributed by atoms with Crippen molar-refractivity contribution in [2.24, 2.45) is 17.3 Å². The molecule has 2 aliphatic carbocycles. The van der Waals surface area contributed by atoms with Gasteiger partial charge in [0.2, 0.25) is 0 Å². The summed E-state index contributed by atoms with van der Waals surface area (Å²) < 4.78 is 0. The van der Waals surface area contributed by atoms with Crippen LogP contribution in [0, 0.1) is 17.3 Å². The predicted octanol–water partition coefficient (Wildman–Crippen LogP) is 5.79. The molecule has 0 N–H and O–H groups in total. The Bertz CT molecular complexity index is 622. The van der Waals surface area contributed by atoms with Crippen molar-refractivity contribution in [3.8, 4) is 0 Å². The molecule has 0 bridgehead atoms. The second kappa shape index (κ2) is 5.85. The van der Waals surface area contributed by atoms with Gasteiger partial charge < -0.3 is 4.90 Å². The van der Waals surface area contributed by atoms with Gasteiger partial charge in [0.1, 0.15) is 0 Å². The van der Waals surface area contributed by atoms with Gasteiger partial charge in [-0.2, -0.15) is 0 Å². The summed E-state index contributed by atoms with van der Waals surface area (Å²) >= 11 is 0. The van der Waals surface area contributed by atoms with E-state index in [0.717, 1.165) is 5.92 Å². The molecule has 2 fully saturated rings. The van der Waals surface area contributed by atoms with E-state index in [2.05, 4.69) is 76.7 Å². The second-order valence-electron chi connectivity index (χ2n) is 7.99. The van der Waals surface area contributed by atoms with Gasteiger partial charge in [-0.25, -0.2) is 0 Å². The van der Waals surface area contributed by atoms with Gasteiger partial charge in [0.15, 0.2) is 0 Å². The number of allylic oxidation sites excluding steroid dienone is 3. The van der Waals surface area contributed by atoms with Crippen LogP contribution in [0.4, 0.5) is 5.69 Å². The molecule has 4 atom stereocenters. The highest BCUT2D eigenvalue weighted by molar-refractivity contribution is 5.48. The molecule has 0 amide bonds. The molecule has 1 aromatic carbocycles. The summed E-state index contributed by atoms with van der Waals surface area (Å²) in [4.78, 5) is 2.17. The van der Waals surface area contributed by atoms with Gasteiger partial charge in [-0.05, 0) is 61.1 Å². The van der Waals surface area contributed by atoms with Crippen LogP contribution in [-0.2, 0) is 0 Å². The number of hydrogen-bond acceptors (Lipinski definition) is 1. The zero-order valence-corrected chi connectivity index (χ0v) is 15.4. The standard InChI is InChI=1S/C22H31N/c1-7-19-16(3)21-13-8-15(2)22(21,4)14-20(19)17-9-11-18(12-10-17)23(5)6/h7,9-12,16,20-21H,2,8,13-14H2,1,3-6H3/b19-7+. The van der Waals surface area contributed by atoms with E-state index in [1.54, 1.807) is 5.57 Å². The van der Waals surface area contributed by atoms with E-state index in [4.69, 9.17) is 0 Å². The molecule has 0 heterocycles. The van der Waals surface area contributed by atoms with E-state index in [1.807, 2.05) is 0 Å². The Hall–Kier alpha value is -1.50. The summed E-state index contributed by atoms with van der Waals surface area (Å²) in [5.41, 5.74) is 6.18. The Morgan fingerprint density at radius 1 is 1.22 bits per heavy atom. The van der Waals surface area contributed by atoms with Crippen LogP contribution in [0.3, 0.4) is 0 Å². The molecule has 0 saturated heterocycles. The van der Waals surface area contributed by atoms with Crippen LogP contribution < -0.4 is 4.90 Å². The number of hydrogen-bond donors (Lipinski definition) is 0. The smallest absolute Gasteiger partial charge is 0.0361 e. The van der Waals surface area contributed by atoms with Crippen LogP contribution in [0.25, 0.3) is 0 Å². The first-order chi connectivity index (χ1) is 10.9. The van der Waals surface area contributed by atoms with E-state index in [-0.39, 0.29) is 0 Å². The van der Waals surface area contributed by atoms with Crippen molar-refractivity contribution in [1.82, 2.24) is 0 Å². The van der Waals surface area contributed by atoms with E-state index >= 15 is 0 Å². The fourth-order valence-corrected chi connectivity index (χ4v) is 5.16. The topological polar surface area (TPSA) is 3.24 Å². The monoisotopic (exact) mass is 309 g/mol. The summed E-state index contributed by atoms with van der Waals surface area (Å²) in [6, 6.07) is 9.17. The largest absolute Gasteiger partial charge is 0.378 e. The third kappa shape index (κ3) is 2.55. The van der Waals surface area contributed by atoms with E-state index in [0.29, 0.717) is 17.3 Å². The fraction of sp³-hybridized carbons (Fsp3) is 0.545. The zero-order chi connectivity index (χ0) is 16.8. The van der Waals surface area contributed by atoms with Crippen molar-refractivity contribution < 1.29 is 0 Å². The predicted molar refractivity (Wildman–Crippen MR) is 101 cm³/mol. The van der Waals surface area contributed by atoms with Crippen molar-refractivity contribution in [2.45, 2.75) is 46.0 Å². The Morgan fingerprint density at radius 3 is 2.43 bits per heavy atom. The molecule has 124 valence electrons. The van der Waals surface area contributed by atoms with Crippen LogP contribution in [0.2, 0.25) is 0 Å². The van der Waals surface area contributed by atoms with Gasteiger partial charge in [-0.1, -0.05) is 49.8 Å². The summed E-state index contributed by atoms with van der Waals surface area (Å²) in [5.74, 6) is 1.98. The molecule has 2 aliphatic rings. The Kier molecular flexibility index (Phi) is 4.16. The van der Waals surface area contributed by atoms with Gasteiger partial charge >= 0.3 is 0 Å². The molecule has 0 radical (unpaired) electrons. The van der Waals surface area contributed by atoms with Crippen molar-refractivity contribution in [2.75, 3.05) is 19.0 Å². The molecule has 0 spiro atoms. The highest BCUT2D eigenvalue weighted by atomic mass is 15.1. The first-order valence-corrected chi connectivity index (χ1v) is 9.00. The molecule has 1 nitrogen and oxygen atoms in total. The van der Waals surface area contributed by atoms with Crippen molar-refractivity contribution in [3.63, 3.8) is 0 Å². The van der Waals surface area contributed by atoms with Gasteiger partial charge in [0.05, 0.1) is 0 Å². The average Bonchev–Trinajstić information content (AvgIpc) is 2.83. The van der Waals surface area contributed by atoms with Crippen LogP contribution in [0.5, 0.6) is 0 Å². The third-order valence-electron chi connectivity index (χ3n) is 6.69. The summed E-state index contributed by atoms with van der Waals surface area (Å²) in [7, 11) is 4.20. The number of fused-ring (bicyclic) bond motifs is 1. The second-order valence-corrected chi connectivity index (χ2v) is 7.99. The summed E-state index contributed by atoms with van der Waals surface area (Å²) in [5, 5.41) is 0. The van der Waals surface area contributed by atoms with Gasteiger partial charge in [0, 0.05) is 25.7 Å². The molecule has 1 heteroatoms. The van der Waals surface area contributed by atoms with Crippen molar-refractivity contribution >= 4 is 5.69 Å². The minimum Gasteiger partial charge on any atom is -0.378 e. The van der Waals surface area contributed by atoms with Crippen LogP contribution in [-0.4, -0.2) is 14.1 Å². The summed E-state index contributed by atoms with van der Waals surface area (Å²) in [6.45, 7) is 11.6. The lowest BCUT2D eigenvalue weighted by Crippen LogP contribution is -2.37. The number of rotatable bonds is 2. The molecule has 0 aliphatic heterocycles. The Balaban J connectivity index is 1.98. The molecule has 0 aromatic heterocycles. The highest BCUT2D eigenvalue weighted by Gasteiger charge is 2.50. The fourth-order valence-electron chi connectivity index (χ4n) is 5.16. The first kappa shape index (κ1) is 16.4. The normalized spacial score (nSPS) is 35.4. The van der Waals surface area contributed by atoms with Gasteiger partial charge in [-0.3, -0.25) is 0 Å². The minimum absolute atomic E-state index is 0.316. The maximum atomic E-state index is 4.43. The number of nitrogens with zero attached hydrogens (tertiary/aromatic N) is 1. The van der Waals surface area contributed by atoms with Crippen molar-refractivity contribution in [3.05, 3.63) is 53.6 Å². The molecule has 3 rings (SSSR count). The lowest BCUT2D eigenvalue weighted by molar-refractivity contribution is 0.155. The Labute approximate surface area is 142 Å². The van der Waals surface area contributed by atoms with E-state index in [9.17, 15) is 0 Å². The number of anilines is 1. The quantitative estimate of drug-likeness (QED) is 0.624. The van der Waals surface area contributed by atoms with Crippen LogP contribution >= 0.6 is 0 Å². The zero-order valence-electron chi connectivity index (χ0n) is 15.4. The van der Waals surface area contributed by atoms with Crippen LogP contribution in [0.15, 0.2) is 48.1 Å². The number of benzene rings is 1. The average molecular weight is 309 g/mol. The highest BCUT2D eigenvalue weighted by Crippen LogP contribution is 2.61.